The van der Waals surface area contributed by atoms with Crippen molar-refractivity contribution in [2.24, 2.45) is 0 Å². The molecule has 0 saturated heterocycles. The van der Waals surface area contributed by atoms with Gasteiger partial charge in [0.15, 0.2) is 0 Å². The fraction of sp³-hybridized carbons (Fsp3) is 0.556. The Labute approximate surface area is 62.4 Å². The third-order valence-corrected chi connectivity index (χ3v) is 1.74. The first-order valence-electron chi connectivity index (χ1n) is 3.80. The molecule has 0 aromatic rings. The van der Waals surface area contributed by atoms with E-state index in [1.54, 1.807) is 0 Å². The van der Waals surface area contributed by atoms with Crippen LogP contribution in [0.2, 0.25) is 0 Å². The van der Waals surface area contributed by atoms with Crippen LogP contribution in [0.15, 0.2) is 24.0 Å². The Morgan fingerprint density at radius 1 is 1.70 bits per heavy atom. The topological polar surface area (TPSA) is 9.23 Å². The van der Waals surface area contributed by atoms with Crippen LogP contribution in [0.5, 0.6) is 0 Å². The highest BCUT2D eigenvalue weighted by Gasteiger charge is 2.16. The van der Waals surface area contributed by atoms with E-state index in [2.05, 4.69) is 20.4 Å². The molecule has 0 saturated carbocycles. The number of allylic oxidation sites excluding steroid dienone is 1. The summed E-state index contributed by atoms with van der Waals surface area (Å²) in [5.74, 6) is 0.816. The first-order chi connectivity index (χ1) is 4.74. The fourth-order valence-corrected chi connectivity index (χ4v) is 1.23. The highest BCUT2D eigenvalue weighted by molar-refractivity contribution is 5.25. The van der Waals surface area contributed by atoms with Crippen molar-refractivity contribution in [3.05, 3.63) is 24.0 Å². The number of rotatable bonds is 2. The summed E-state index contributed by atoms with van der Waals surface area (Å²) >= 11 is 0. The zero-order valence-corrected chi connectivity index (χ0v) is 6.68. The highest BCUT2D eigenvalue weighted by atomic mass is 16.5. The first kappa shape index (κ1) is 7.39. The van der Waals surface area contributed by atoms with Gasteiger partial charge in [-0.1, -0.05) is 19.9 Å². The Hall–Kier alpha value is -0.720. The molecule has 0 amide bonds. The lowest BCUT2D eigenvalue weighted by Crippen LogP contribution is -2.02. The first-order valence-corrected chi connectivity index (χ1v) is 3.80. The summed E-state index contributed by atoms with van der Waals surface area (Å²) in [4.78, 5) is 0. The molecule has 1 nitrogen and oxygen atoms in total. The lowest BCUT2D eigenvalue weighted by Gasteiger charge is -2.07. The van der Waals surface area contributed by atoms with Crippen LogP contribution in [-0.2, 0) is 4.74 Å². The second-order valence-electron chi connectivity index (χ2n) is 2.70. The van der Waals surface area contributed by atoms with Gasteiger partial charge in [-0.15, -0.1) is 0 Å². The number of hydrogen-bond donors (Lipinski definition) is 0. The van der Waals surface area contributed by atoms with E-state index in [0.717, 1.165) is 12.2 Å². The molecular formula is C9H14O. The number of ether oxygens (including phenoxy) is 1. The molecule has 1 heterocycles. The smallest absolute Gasteiger partial charge is 0.117 e. The summed E-state index contributed by atoms with van der Waals surface area (Å²) in [6.07, 6.45) is 4.65. The van der Waals surface area contributed by atoms with E-state index in [4.69, 9.17) is 4.74 Å². The van der Waals surface area contributed by atoms with Crippen molar-refractivity contribution in [2.75, 3.05) is 0 Å². The van der Waals surface area contributed by atoms with Gasteiger partial charge in [-0.05, 0) is 25.0 Å². The van der Waals surface area contributed by atoms with Crippen LogP contribution < -0.4 is 0 Å². The van der Waals surface area contributed by atoms with Crippen LogP contribution >= 0.6 is 0 Å². The quantitative estimate of drug-likeness (QED) is 0.570. The maximum Gasteiger partial charge on any atom is 0.117 e. The molecule has 1 aliphatic heterocycles. The summed E-state index contributed by atoms with van der Waals surface area (Å²) in [5, 5.41) is 0. The zero-order valence-electron chi connectivity index (χ0n) is 6.68. The molecule has 0 spiro atoms. The van der Waals surface area contributed by atoms with E-state index in [9.17, 15) is 0 Å². The molecule has 10 heavy (non-hydrogen) atoms. The highest BCUT2D eigenvalue weighted by Crippen LogP contribution is 2.24. The number of hydrogen-bond acceptors (Lipinski definition) is 1. The average Bonchev–Trinajstić information content (AvgIpc) is 2.13. The van der Waals surface area contributed by atoms with E-state index in [-0.39, 0.29) is 6.10 Å². The summed E-state index contributed by atoms with van der Waals surface area (Å²) in [5.41, 5.74) is 1.38. The van der Waals surface area contributed by atoms with Gasteiger partial charge in [-0.3, -0.25) is 0 Å². The molecule has 56 valence electrons. The van der Waals surface area contributed by atoms with E-state index >= 15 is 0 Å². The van der Waals surface area contributed by atoms with Crippen LogP contribution in [0.1, 0.15) is 26.7 Å². The minimum absolute atomic E-state index is 0.271. The second kappa shape index (κ2) is 2.91. The Balaban J connectivity index is 2.56. The minimum atomic E-state index is 0.271. The molecule has 1 rings (SSSR count). The molecule has 1 aliphatic rings. The zero-order chi connectivity index (χ0) is 7.56. The van der Waals surface area contributed by atoms with Crippen molar-refractivity contribution < 1.29 is 4.74 Å². The molecule has 0 aromatic heterocycles. The molecular weight excluding hydrogens is 124 g/mol. The Morgan fingerprint density at radius 2 is 2.40 bits per heavy atom. The molecule has 1 unspecified atom stereocenters. The van der Waals surface area contributed by atoms with Crippen LogP contribution in [0.4, 0.5) is 0 Å². The van der Waals surface area contributed by atoms with Gasteiger partial charge >= 0.3 is 0 Å². The van der Waals surface area contributed by atoms with Gasteiger partial charge in [0.25, 0.3) is 0 Å². The maximum atomic E-state index is 5.34. The van der Waals surface area contributed by atoms with Crippen LogP contribution in [-0.4, -0.2) is 6.10 Å². The molecule has 0 radical (unpaired) electrons. The van der Waals surface area contributed by atoms with Gasteiger partial charge < -0.3 is 4.74 Å². The average molecular weight is 138 g/mol. The van der Waals surface area contributed by atoms with Gasteiger partial charge in [-0.2, -0.15) is 0 Å². The second-order valence-corrected chi connectivity index (χ2v) is 2.70. The molecule has 0 fully saturated rings. The Kier molecular flexibility index (Phi) is 2.15. The lowest BCUT2D eigenvalue weighted by molar-refractivity contribution is 0.189. The van der Waals surface area contributed by atoms with Crippen LogP contribution in [0.3, 0.4) is 0 Å². The molecule has 0 N–H and O–H groups in total. The van der Waals surface area contributed by atoms with Crippen molar-refractivity contribution in [1.82, 2.24) is 0 Å². The summed E-state index contributed by atoms with van der Waals surface area (Å²) in [6, 6.07) is 0. The van der Waals surface area contributed by atoms with Gasteiger partial charge in [0.05, 0.1) is 0 Å². The van der Waals surface area contributed by atoms with Crippen molar-refractivity contribution in [3.8, 4) is 0 Å². The van der Waals surface area contributed by atoms with Crippen molar-refractivity contribution in [2.45, 2.75) is 32.8 Å². The molecule has 0 aromatic carbocycles. The molecule has 1 atom stereocenters. The van der Waals surface area contributed by atoms with Crippen LogP contribution in [0, 0.1) is 0 Å². The molecule has 0 aliphatic carbocycles. The predicted molar refractivity (Wildman–Crippen MR) is 42.7 cm³/mol. The summed E-state index contributed by atoms with van der Waals surface area (Å²) in [6.45, 7) is 7.98. The monoisotopic (exact) mass is 138 g/mol. The predicted octanol–water partition coefficient (Wildman–Crippen LogP) is 2.65. The largest absolute Gasteiger partial charge is 0.487 e. The van der Waals surface area contributed by atoms with Gasteiger partial charge in [-0.25, -0.2) is 0 Å². The van der Waals surface area contributed by atoms with Gasteiger partial charge in [0, 0.05) is 0 Å². The minimum Gasteiger partial charge on any atom is -0.487 e. The van der Waals surface area contributed by atoms with E-state index in [0.29, 0.717) is 0 Å². The molecule has 0 bridgehead atoms. The summed E-state index contributed by atoms with van der Waals surface area (Å²) < 4.78 is 5.34. The standard InChI is InChI=1S/C9H14O/c1-4-5-9-6-7(2)10-8(9)3/h6,8H,2,4-5H2,1,3H3. The third kappa shape index (κ3) is 1.41. The van der Waals surface area contributed by atoms with Gasteiger partial charge in [0.1, 0.15) is 11.9 Å². The maximum absolute atomic E-state index is 5.34. The Bertz CT molecular complexity index is 168. The Morgan fingerprint density at radius 3 is 2.80 bits per heavy atom. The van der Waals surface area contributed by atoms with Crippen molar-refractivity contribution in [3.63, 3.8) is 0 Å². The lowest BCUT2D eigenvalue weighted by atomic mass is 10.1. The van der Waals surface area contributed by atoms with Crippen molar-refractivity contribution in [1.29, 1.82) is 0 Å². The van der Waals surface area contributed by atoms with Crippen molar-refractivity contribution >= 4 is 0 Å². The van der Waals surface area contributed by atoms with E-state index in [1.807, 2.05) is 6.08 Å². The molecule has 1 heteroatoms. The SMILES string of the molecule is C=C1C=C(CCC)C(C)O1. The van der Waals surface area contributed by atoms with E-state index in [1.165, 1.54) is 12.0 Å². The normalized spacial score (nSPS) is 24.4. The fourth-order valence-electron chi connectivity index (χ4n) is 1.23. The third-order valence-electron chi connectivity index (χ3n) is 1.74. The van der Waals surface area contributed by atoms with Gasteiger partial charge in [0.2, 0.25) is 0 Å². The van der Waals surface area contributed by atoms with Crippen LogP contribution in [0.25, 0.3) is 0 Å². The van der Waals surface area contributed by atoms with E-state index < -0.39 is 0 Å². The summed E-state index contributed by atoms with van der Waals surface area (Å²) in [7, 11) is 0.